The van der Waals surface area contributed by atoms with E-state index in [9.17, 15) is 14.4 Å². The highest BCUT2D eigenvalue weighted by Gasteiger charge is 2.30. The number of urea groups is 1. The topological polar surface area (TPSA) is 87.3 Å². The van der Waals surface area contributed by atoms with E-state index in [1.165, 1.54) is 0 Å². The molecule has 1 unspecified atom stereocenters. The summed E-state index contributed by atoms with van der Waals surface area (Å²) in [5.74, 6) is -0.585. The SMILES string of the molecule is O=C(Cc1ccccc1Cl)Nc1ccc(C2NC(=O)NC2=O)cc1. The lowest BCUT2D eigenvalue weighted by atomic mass is 10.1. The van der Waals surface area contributed by atoms with Gasteiger partial charge in [0.2, 0.25) is 5.91 Å². The van der Waals surface area contributed by atoms with Gasteiger partial charge in [0.1, 0.15) is 6.04 Å². The van der Waals surface area contributed by atoms with Crippen molar-refractivity contribution in [1.29, 1.82) is 0 Å². The van der Waals surface area contributed by atoms with E-state index in [4.69, 9.17) is 11.6 Å². The lowest BCUT2D eigenvalue weighted by molar-refractivity contribution is -0.120. The highest BCUT2D eigenvalue weighted by atomic mass is 35.5. The van der Waals surface area contributed by atoms with E-state index in [1.54, 1.807) is 42.5 Å². The molecule has 0 aliphatic carbocycles. The Bertz CT molecular complexity index is 805. The molecule has 0 saturated carbocycles. The molecule has 0 aromatic heterocycles. The van der Waals surface area contributed by atoms with Crippen LogP contribution in [0, 0.1) is 0 Å². The number of benzene rings is 2. The number of hydrogen-bond donors (Lipinski definition) is 3. The van der Waals surface area contributed by atoms with Gasteiger partial charge in [-0.3, -0.25) is 14.9 Å². The minimum absolute atomic E-state index is 0.169. The number of amides is 4. The smallest absolute Gasteiger partial charge is 0.322 e. The van der Waals surface area contributed by atoms with Crippen molar-refractivity contribution in [3.63, 3.8) is 0 Å². The number of anilines is 1. The molecule has 24 heavy (non-hydrogen) atoms. The summed E-state index contributed by atoms with van der Waals surface area (Å²) in [6.07, 6.45) is 0.169. The van der Waals surface area contributed by atoms with Crippen LogP contribution in [0.15, 0.2) is 48.5 Å². The molecular formula is C17H14ClN3O3. The third-order valence-corrected chi connectivity index (χ3v) is 3.98. The number of halogens is 1. The zero-order chi connectivity index (χ0) is 17.1. The van der Waals surface area contributed by atoms with Crippen LogP contribution >= 0.6 is 11.6 Å². The highest BCUT2D eigenvalue weighted by molar-refractivity contribution is 6.31. The first-order chi connectivity index (χ1) is 11.5. The van der Waals surface area contributed by atoms with Crippen molar-refractivity contribution in [3.8, 4) is 0 Å². The van der Waals surface area contributed by atoms with E-state index in [2.05, 4.69) is 16.0 Å². The second-order valence-electron chi connectivity index (χ2n) is 5.33. The minimum Gasteiger partial charge on any atom is -0.326 e. The van der Waals surface area contributed by atoms with Crippen LogP contribution < -0.4 is 16.0 Å². The summed E-state index contributed by atoms with van der Waals surface area (Å²) in [6, 6.07) is 12.7. The summed E-state index contributed by atoms with van der Waals surface area (Å²) in [6.45, 7) is 0. The van der Waals surface area contributed by atoms with E-state index in [1.807, 2.05) is 6.07 Å². The van der Waals surface area contributed by atoms with Crippen molar-refractivity contribution in [2.24, 2.45) is 0 Å². The summed E-state index contributed by atoms with van der Waals surface area (Å²) in [5.41, 5.74) is 1.99. The molecule has 2 aromatic rings. The molecule has 0 spiro atoms. The number of carbonyl (C=O) groups is 3. The molecular weight excluding hydrogens is 330 g/mol. The normalized spacial score (nSPS) is 16.5. The van der Waals surface area contributed by atoms with Crippen molar-refractivity contribution in [2.75, 3.05) is 5.32 Å². The molecule has 1 saturated heterocycles. The Morgan fingerprint density at radius 1 is 1.08 bits per heavy atom. The summed E-state index contributed by atoms with van der Waals surface area (Å²) < 4.78 is 0. The number of rotatable bonds is 4. The van der Waals surface area contributed by atoms with Gasteiger partial charge >= 0.3 is 6.03 Å². The van der Waals surface area contributed by atoms with Crippen LogP contribution in [0.2, 0.25) is 5.02 Å². The first-order valence-corrected chi connectivity index (χ1v) is 7.65. The lowest BCUT2D eigenvalue weighted by Gasteiger charge is -2.10. The fourth-order valence-corrected chi connectivity index (χ4v) is 2.63. The van der Waals surface area contributed by atoms with Gasteiger partial charge in [0.15, 0.2) is 0 Å². The molecule has 1 fully saturated rings. The van der Waals surface area contributed by atoms with Gasteiger partial charge in [-0.15, -0.1) is 0 Å². The van der Waals surface area contributed by atoms with Gasteiger partial charge in [-0.25, -0.2) is 4.79 Å². The Balaban J connectivity index is 1.64. The van der Waals surface area contributed by atoms with Crippen molar-refractivity contribution >= 4 is 35.1 Å². The fourth-order valence-electron chi connectivity index (χ4n) is 2.43. The van der Waals surface area contributed by atoms with Crippen LogP contribution in [0.3, 0.4) is 0 Å². The second kappa shape index (κ2) is 6.72. The van der Waals surface area contributed by atoms with Crippen LogP contribution in [0.1, 0.15) is 17.2 Å². The monoisotopic (exact) mass is 343 g/mol. The Hall–Kier alpha value is -2.86. The zero-order valence-corrected chi connectivity index (χ0v) is 13.3. The second-order valence-corrected chi connectivity index (χ2v) is 5.74. The first-order valence-electron chi connectivity index (χ1n) is 7.27. The van der Waals surface area contributed by atoms with Gasteiger partial charge in [0.05, 0.1) is 6.42 Å². The predicted molar refractivity (Wildman–Crippen MR) is 89.6 cm³/mol. The summed E-state index contributed by atoms with van der Waals surface area (Å²) in [4.78, 5) is 34.8. The van der Waals surface area contributed by atoms with Gasteiger partial charge in [0.25, 0.3) is 5.91 Å². The number of imide groups is 1. The third-order valence-electron chi connectivity index (χ3n) is 3.61. The molecule has 4 amide bonds. The zero-order valence-electron chi connectivity index (χ0n) is 12.5. The molecule has 0 bridgehead atoms. The van der Waals surface area contributed by atoms with E-state index in [-0.39, 0.29) is 12.3 Å². The molecule has 122 valence electrons. The Labute approximate surface area is 143 Å². The number of hydrogen-bond acceptors (Lipinski definition) is 3. The molecule has 1 aliphatic heterocycles. The van der Waals surface area contributed by atoms with Crippen molar-refractivity contribution in [1.82, 2.24) is 10.6 Å². The van der Waals surface area contributed by atoms with Crippen LogP contribution in [0.4, 0.5) is 10.5 Å². The largest absolute Gasteiger partial charge is 0.326 e. The lowest BCUT2D eigenvalue weighted by Crippen LogP contribution is -2.22. The Morgan fingerprint density at radius 2 is 1.79 bits per heavy atom. The summed E-state index contributed by atoms with van der Waals surface area (Å²) in [7, 11) is 0. The van der Waals surface area contributed by atoms with Gasteiger partial charge in [0, 0.05) is 10.7 Å². The molecule has 3 rings (SSSR count). The molecule has 1 atom stereocenters. The van der Waals surface area contributed by atoms with Crippen LogP contribution in [-0.4, -0.2) is 17.8 Å². The summed E-state index contributed by atoms with van der Waals surface area (Å²) in [5, 5.41) is 8.01. The molecule has 2 aromatic carbocycles. The fraction of sp³-hybridized carbons (Fsp3) is 0.118. The summed E-state index contributed by atoms with van der Waals surface area (Å²) >= 11 is 6.04. The van der Waals surface area contributed by atoms with Crippen LogP contribution in [-0.2, 0) is 16.0 Å². The quantitative estimate of drug-likeness (QED) is 0.745. The van der Waals surface area contributed by atoms with Crippen molar-refractivity contribution in [2.45, 2.75) is 12.5 Å². The molecule has 1 aliphatic rings. The maximum atomic E-state index is 12.1. The predicted octanol–water partition coefficient (Wildman–Crippen LogP) is 2.40. The van der Waals surface area contributed by atoms with E-state index in [0.717, 1.165) is 5.56 Å². The van der Waals surface area contributed by atoms with Gasteiger partial charge in [-0.1, -0.05) is 41.9 Å². The van der Waals surface area contributed by atoms with Crippen molar-refractivity contribution in [3.05, 3.63) is 64.7 Å². The number of nitrogens with one attached hydrogen (secondary N) is 3. The molecule has 6 nitrogen and oxygen atoms in total. The van der Waals surface area contributed by atoms with Crippen molar-refractivity contribution < 1.29 is 14.4 Å². The van der Waals surface area contributed by atoms with Gasteiger partial charge in [-0.05, 0) is 29.3 Å². The Morgan fingerprint density at radius 3 is 2.42 bits per heavy atom. The molecule has 3 N–H and O–H groups in total. The van der Waals surface area contributed by atoms with E-state index in [0.29, 0.717) is 16.3 Å². The van der Waals surface area contributed by atoms with Crippen LogP contribution in [0.25, 0.3) is 0 Å². The highest BCUT2D eigenvalue weighted by Crippen LogP contribution is 2.20. The molecule has 1 heterocycles. The van der Waals surface area contributed by atoms with Crippen LogP contribution in [0.5, 0.6) is 0 Å². The standard InChI is InChI=1S/C17H14ClN3O3/c18-13-4-2-1-3-11(13)9-14(22)19-12-7-5-10(6-8-12)15-16(23)21-17(24)20-15/h1-8,15H,9H2,(H,19,22)(H2,20,21,23,24). The number of carbonyl (C=O) groups excluding carboxylic acids is 3. The maximum absolute atomic E-state index is 12.1. The average molecular weight is 344 g/mol. The maximum Gasteiger partial charge on any atom is 0.322 e. The first kappa shape index (κ1) is 16.0. The van der Waals surface area contributed by atoms with E-state index >= 15 is 0 Å². The third kappa shape index (κ3) is 3.55. The Kier molecular flexibility index (Phi) is 4.48. The molecule has 7 heteroatoms. The van der Waals surface area contributed by atoms with Gasteiger partial charge in [-0.2, -0.15) is 0 Å². The van der Waals surface area contributed by atoms with E-state index < -0.39 is 18.0 Å². The minimum atomic E-state index is -0.703. The molecule has 0 radical (unpaired) electrons. The average Bonchev–Trinajstić information content (AvgIpc) is 2.89. The van der Waals surface area contributed by atoms with Gasteiger partial charge < -0.3 is 10.6 Å².